The molecule has 2 fully saturated rings. The van der Waals surface area contributed by atoms with E-state index >= 15 is 0 Å². The fourth-order valence-corrected chi connectivity index (χ4v) is 4.91. The van der Waals surface area contributed by atoms with Crippen molar-refractivity contribution >= 4 is 16.8 Å². The van der Waals surface area contributed by atoms with E-state index in [0.29, 0.717) is 23.5 Å². The maximum absolute atomic E-state index is 13.2. The van der Waals surface area contributed by atoms with Gasteiger partial charge in [0.15, 0.2) is 0 Å². The largest absolute Gasteiger partial charge is 0.481 e. The summed E-state index contributed by atoms with van der Waals surface area (Å²) in [6, 6.07) is 18.4. The summed E-state index contributed by atoms with van der Waals surface area (Å²) in [5.41, 5.74) is 5.26. The van der Waals surface area contributed by atoms with E-state index < -0.39 is 0 Å². The lowest BCUT2D eigenvalue weighted by atomic mass is 10.00. The minimum atomic E-state index is 0.0919. The van der Waals surface area contributed by atoms with Gasteiger partial charge < -0.3 is 15.0 Å². The third-order valence-electron chi connectivity index (χ3n) is 6.61. The third kappa shape index (κ3) is 3.50. The second-order valence-corrected chi connectivity index (χ2v) is 8.58. The zero-order valence-corrected chi connectivity index (χ0v) is 18.2. The van der Waals surface area contributed by atoms with Crippen LogP contribution in [0.2, 0.25) is 0 Å². The molecule has 1 amide bonds. The number of nitrogens with one attached hydrogen (secondary N) is 1. The van der Waals surface area contributed by atoms with E-state index in [9.17, 15) is 4.79 Å². The predicted molar refractivity (Wildman–Crippen MR) is 126 cm³/mol. The first-order valence-electron chi connectivity index (χ1n) is 11.1. The van der Waals surface area contributed by atoms with Gasteiger partial charge in [-0.25, -0.2) is 15.0 Å². The predicted octanol–water partition coefficient (Wildman–Crippen LogP) is 3.55. The Kier molecular flexibility index (Phi) is 4.77. The molecule has 2 atom stereocenters. The number of fused-ring (bicyclic) bond motifs is 3. The number of hydrogen-bond acceptors (Lipinski definition) is 6. The molecule has 2 aliphatic rings. The van der Waals surface area contributed by atoms with Gasteiger partial charge in [-0.15, -0.1) is 0 Å². The molecule has 4 heterocycles. The molecule has 0 spiro atoms. The molecule has 2 unspecified atom stereocenters. The molecule has 164 valence electrons. The lowest BCUT2D eigenvalue weighted by molar-refractivity contribution is 0.0716. The topological polar surface area (TPSA) is 80.2 Å². The SMILES string of the molecule is COc1ccc(-c2ccc3ncnc(-c4cccc(C(=O)N5CC6CC5CN6)c4)c3c2)cn1. The summed E-state index contributed by atoms with van der Waals surface area (Å²) < 4.78 is 5.17. The Bertz CT molecular complexity index is 1350. The van der Waals surface area contributed by atoms with E-state index in [1.807, 2.05) is 53.4 Å². The van der Waals surface area contributed by atoms with E-state index in [-0.39, 0.29) is 5.91 Å². The molecule has 33 heavy (non-hydrogen) atoms. The van der Waals surface area contributed by atoms with Gasteiger partial charge >= 0.3 is 0 Å². The van der Waals surface area contributed by atoms with Gasteiger partial charge in [0.1, 0.15) is 6.33 Å². The quantitative estimate of drug-likeness (QED) is 0.526. The zero-order valence-electron chi connectivity index (χ0n) is 18.2. The summed E-state index contributed by atoms with van der Waals surface area (Å²) in [6.07, 6.45) is 4.41. The average molecular weight is 438 g/mol. The van der Waals surface area contributed by atoms with Crippen molar-refractivity contribution in [2.45, 2.75) is 18.5 Å². The zero-order chi connectivity index (χ0) is 22.4. The van der Waals surface area contributed by atoms with Crippen LogP contribution in [0.1, 0.15) is 16.8 Å². The molecule has 6 rings (SSSR count). The summed E-state index contributed by atoms with van der Waals surface area (Å²) >= 11 is 0. The van der Waals surface area contributed by atoms with E-state index in [4.69, 9.17) is 4.74 Å². The number of methoxy groups -OCH3 is 1. The lowest BCUT2D eigenvalue weighted by Gasteiger charge is -2.27. The Hall–Kier alpha value is -3.84. The molecule has 4 aromatic rings. The summed E-state index contributed by atoms with van der Waals surface area (Å²) in [7, 11) is 1.60. The van der Waals surface area contributed by atoms with Crippen molar-refractivity contribution in [3.63, 3.8) is 0 Å². The minimum Gasteiger partial charge on any atom is -0.481 e. The highest BCUT2D eigenvalue weighted by Gasteiger charge is 2.40. The minimum absolute atomic E-state index is 0.0919. The van der Waals surface area contributed by atoms with Crippen molar-refractivity contribution in [1.29, 1.82) is 0 Å². The van der Waals surface area contributed by atoms with Gasteiger partial charge in [-0.05, 0) is 42.3 Å². The molecule has 0 aliphatic carbocycles. The third-order valence-corrected chi connectivity index (χ3v) is 6.61. The maximum Gasteiger partial charge on any atom is 0.254 e. The number of likely N-dealkylation sites (tertiary alicyclic amines) is 1. The number of pyridine rings is 1. The van der Waals surface area contributed by atoms with Crippen molar-refractivity contribution in [2.75, 3.05) is 20.2 Å². The number of hydrogen-bond donors (Lipinski definition) is 1. The van der Waals surface area contributed by atoms with Gasteiger partial charge in [0, 0.05) is 59.5 Å². The van der Waals surface area contributed by atoms with E-state index in [0.717, 1.165) is 52.8 Å². The van der Waals surface area contributed by atoms with Crippen LogP contribution < -0.4 is 10.1 Å². The Morgan fingerprint density at radius 2 is 1.94 bits per heavy atom. The van der Waals surface area contributed by atoms with Crippen LogP contribution in [0.3, 0.4) is 0 Å². The van der Waals surface area contributed by atoms with Crippen LogP contribution in [-0.4, -0.2) is 58.0 Å². The monoisotopic (exact) mass is 437 g/mol. The van der Waals surface area contributed by atoms with Crippen LogP contribution in [0.4, 0.5) is 0 Å². The normalized spacial score (nSPS) is 19.2. The number of carbonyl (C=O) groups is 1. The molecule has 7 heteroatoms. The van der Waals surface area contributed by atoms with Gasteiger partial charge in [0.2, 0.25) is 5.88 Å². The molecule has 0 saturated carbocycles. The van der Waals surface area contributed by atoms with Crippen molar-refractivity contribution in [2.24, 2.45) is 0 Å². The first-order valence-corrected chi connectivity index (χ1v) is 11.1. The van der Waals surface area contributed by atoms with Crippen LogP contribution in [0, 0.1) is 0 Å². The summed E-state index contributed by atoms with van der Waals surface area (Å²) in [5.74, 6) is 0.668. The fraction of sp³-hybridized carbons (Fsp3) is 0.231. The summed E-state index contributed by atoms with van der Waals surface area (Å²) in [4.78, 5) is 28.6. The second kappa shape index (κ2) is 7.94. The number of benzene rings is 2. The summed E-state index contributed by atoms with van der Waals surface area (Å²) in [5, 5.41) is 4.38. The van der Waals surface area contributed by atoms with Gasteiger partial charge in [-0.1, -0.05) is 18.2 Å². The Labute approximate surface area is 191 Å². The standard InChI is InChI=1S/C26H23N5O2/c1-33-24-8-6-19(12-28-24)16-5-7-23-22(10-16)25(30-15-29-23)17-3-2-4-18(9-17)26(32)31-14-20-11-21(31)13-27-20/h2-10,12,15,20-21,27H,11,13-14H2,1H3. The van der Waals surface area contributed by atoms with Crippen molar-refractivity contribution in [1.82, 2.24) is 25.2 Å². The molecule has 2 aromatic carbocycles. The van der Waals surface area contributed by atoms with Crippen LogP contribution in [0.15, 0.2) is 67.1 Å². The maximum atomic E-state index is 13.2. The van der Waals surface area contributed by atoms with E-state index in [1.54, 1.807) is 19.6 Å². The van der Waals surface area contributed by atoms with Crippen LogP contribution in [0.5, 0.6) is 5.88 Å². The molecular formula is C26H23N5O2. The number of amides is 1. The van der Waals surface area contributed by atoms with Gasteiger partial charge in [-0.3, -0.25) is 4.79 Å². The van der Waals surface area contributed by atoms with Crippen molar-refractivity contribution in [3.8, 4) is 28.3 Å². The van der Waals surface area contributed by atoms with E-state index in [1.165, 1.54) is 0 Å². The fourth-order valence-electron chi connectivity index (χ4n) is 4.91. The number of piperazine rings is 1. The number of nitrogens with zero attached hydrogens (tertiary/aromatic N) is 4. The lowest BCUT2D eigenvalue weighted by Crippen LogP contribution is -2.46. The van der Waals surface area contributed by atoms with Crippen LogP contribution >= 0.6 is 0 Å². The highest BCUT2D eigenvalue weighted by molar-refractivity contribution is 5.99. The molecule has 7 nitrogen and oxygen atoms in total. The van der Waals surface area contributed by atoms with Crippen LogP contribution in [0.25, 0.3) is 33.3 Å². The smallest absolute Gasteiger partial charge is 0.254 e. The number of carbonyl (C=O) groups excluding carboxylic acids is 1. The Morgan fingerprint density at radius 3 is 2.70 bits per heavy atom. The first kappa shape index (κ1) is 19.8. The van der Waals surface area contributed by atoms with Crippen LogP contribution in [-0.2, 0) is 0 Å². The Balaban J connectivity index is 1.38. The molecule has 1 N–H and O–H groups in total. The van der Waals surface area contributed by atoms with Gasteiger partial charge in [0.05, 0.1) is 18.3 Å². The molecular weight excluding hydrogens is 414 g/mol. The van der Waals surface area contributed by atoms with Crippen molar-refractivity contribution < 1.29 is 9.53 Å². The molecule has 2 saturated heterocycles. The first-order chi connectivity index (χ1) is 16.2. The Morgan fingerprint density at radius 1 is 1.03 bits per heavy atom. The molecule has 0 radical (unpaired) electrons. The van der Waals surface area contributed by atoms with E-state index in [2.05, 4.69) is 26.3 Å². The number of ether oxygens (including phenoxy) is 1. The summed E-state index contributed by atoms with van der Waals surface area (Å²) in [6.45, 7) is 1.67. The average Bonchev–Trinajstić information content (AvgIpc) is 3.52. The van der Waals surface area contributed by atoms with Crippen molar-refractivity contribution in [3.05, 3.63) is 72.7 Å². The highest BCUT2D eigenvalue weighted by atomic mass is 16.5. The number of rotatable bonds is 4. The molecule has 2 bridgehead atoms. The highest BCUT2D eigenvalue weighted by Crippen LogP contribution is 2.31. The molecule has 2 aliphatic heterocycles. The second-order valence-electron chi connectivity index (χ2n) is 8.58. The molecule has 2 aromatic heterocycles. The van der Waals surface area contributed by atoms with Gasteiger partial charge in [-0.2, -0.15) is 0 Å². The number of aromatic nitrogens is 3. The van der Waals surface area contributed by atoms with Gasteiger partial charge in [0.25, 0.3) is 5.91 Å².